The Labute approximate surface area is 154 Å². The van der Waals surface area contributed by atoms with Gasteiger partial charge in [0, 0.05) is 35.1 Å². The van der Waals surface area contributed by atoms with E-state index in [0.717, 1.165) is 29.4 Å². The quantitative estimate of drug-likeness (QED) is 0.833. The number of quaternary nitrogens is 1. The van der Waals surface area contributed by atoms with E-state index < -0.39 is 0 Å². The zero-order chi connectivity index (χ0) is 17.6. The van der Waals surface area contributed by atoms with Crippen molar-refractivity contribution >= 4 is 28.9 Å². The Morgan fingerprint density at radius 3 is 2.60 bits per heavy atom. The maximum atomic E-state index is 12.2. The third kappa shape index (κ3) is 4.97. The van der Waals surface area contributed by atoms with E-state index in [9.17, 15) is 4.79 Å². The van der Waals surface area contributed by atoms with Crippen LogP contribution < -0.4 is 15.5 Å². The molecule has 4 nitrogen and oxygen atoms in total. The van der Waals surface area contributed by atoms with Gasteiger partial charge in [-0.3, -0.25) is 4.79 Å². The standard InChI is InChI=1S/C20H24ClN3O/c1-15(16-5-4-6-17(21)13-16)22-14-20(25)23-18-7-9-19(10-8-18)24-11-2-3-12-24/h4-10,13,15,22H,2-3,11-12,14H2,1H3,(H,23,25)/p+1/t15-/m0/s1. The van der Waals surface area contributed by atoms with Gasteiger partial charge in [0.25, 0.3) is 5.91 Å². The maximum Gasteiger partial charge on any atom is 0.279 e. The second-order valence-electron chi connectivity index (χ2n) is 6.57. The molecule has 1 fully saturated rings. The third-order valence-corrected chi connectivity index (χ3v) is 4.89. The first-order valence-electron chi connectivity index (χ1n) is 8.85. The first-order valence-corrected chi connectivity index (χ1v) is 9.23. The van der Waals surface area contributed by atoms with Crippen molar-refractivity contribution in [2.45, 2.75) is 25.8 Å². The summed E-state index contributed by atoms with van der Waals surface area (Å²) in [6.07, 6.45) is 2.53. The summed E-state index contributed by atoms with van der Waals surface area (Å²) in [5, 5.41) is 5.70. The number of benzene rings is 2. The minimum Gasteiger partial charge on any atom is -0.372 e. The highest BCUT2D eigenvalue weighted by Crippen LogP contribution is 2.22. The highest BCUT2D eigenvalue weighted by Gasteiger charge is 2.14. The van der Waals surface area contributed by atoms with Crippen LogP contribution in [0, 0.1) is 0 Å². The number of carbonyl (C=O) groups excluding carboxylic acids is 1. The number of hydrogen-bond donors (Lipinski definition) is 2. The normalized spacial score (nSPS) is 15.2. The number of nitrogens with one attached hydrogen (secondary N) is 1. The second-order valence-corrected chi connectivity index (χ2v) is 7.01. The molecule has 0 unspecified atom stereocenters. The van der Waals surface area contributed by atoms with E-state index in [4.69, 9.17) is 11.6 Å². The molecule has 0 radical (unpaired) electrons. The summed E-state index contributed by atoms with van der Waals surface area (Å²) in [5.41, 5.74) is 3.20. The highest BCUT2D eigenvalue weighted by molar-refractivity contribution is 6.30. The number of nitrogens with two attached hydrogens (primary N) is 1. The van der Waals surface area contributed by atoms with Crippen LogP contribution in [-0.2, 0) is 4.79 Å². The van der Waals surface area contributed by atoms with Gasteiger partial charge in [-0.15, -0.1) is 0 Å². The predicted octanol–water partition coefficient (Wildman–Crippen LogP) is 3.20. The molecular formula is C20H25ClN3O+. The van der Waals surface area contributed by atoms with E-state index >= 15 is 0 Å². The Balaban J connectivity index is 1.48. The minimum atomic E-state index is 0.00259. The molecular weight excluding hydrogens is 334 g/mol. The molecule has 1 aliphatic rings. The number of halogens is 1. The number of anilines is 2. The first-order chi connectivity index (χ1) is 12.1. The molecule has 1 aliphatic heterocycles. The third-order valence-electron chi connectivity index (χ3n) is 4.65. The molecule has 0 aliphatic carbocycles. The van der Waals surface area contributed by atoms with E-state index in [1.54, 1.807) is 0 Å². The molecule has 1 heterocycles. The van der Waals surface area contributed by atoms with Crippen LogP contribution in [0.1, 0.15) is 31.4 Å². The molecule has 0 saturated carbocycles. The van der Waals surface area contributed by atoms with E-state index in [0.29, 0.717) is 6.54 Å². The van der Waals surface area contributed by atoms with Crippen LogP contribution >= 0.6 is 11.6 Å². The molecule has 0 bridgehead atoms. The number of amides is 1. The minimum absolute atomic E-state index is 0.00259. The van der Waals surface area contributed by atoms with E-state index in [-0.39, 0.29) is 11.9 Å². The van der Waals surface area contributed by atoms with Gasteiger partial charge in [-0.05, 0) is 56.2 Å². The van der Waals surface area contributed by atoms with Crippen LogP contribution in [0.15, 0.2) is 48.5 Å². The zero-order valence-corrected chi connectivity index (χ0v) is 15.3. The van der Waals surface area contributed by atoms with Crippen LogP contribution in [-0.4, -0.2) is 25.5 Å². The average molecular weight is 359 g/mol. The lowest BCUT2D eigenvalue weighted by Crippen LogP contribution is -2.86. The summed E-state index contributed by atoms with van der Waals surface area (Å²) in [5.74, 6) is 0.00259. The lowest BCUT2D eigenvalue weighted by Gasteiger charge is -2.17. The van der Waals surface area contributed by atoms with E-state index in [1.165, 1.54) is 18.5 Å². The fourth-order valence-electron chi connectivity index (χ4n) is 3.15. The second kappa shape index (κ2) is 8.37. The Kier molecular flexibility index (Phi) is 5.95. The smallest absolute Gasteiger partial charge is 0.279 e. The fraction of sp³-hybridized carbons (Fsp3) is 0.350. The van der Waals surface area contributed by atoms with Crippen molar-refractivity contribution in [2.24, 2.45) is 0 Å². The van der Waals surface area contributed by atoms with Gasteiger partial charge < -0.3 is 15.5 Å². The van der Waals surface area contributed by atoms with Crippen LogP contribution in [0.4, 0.5) is 11.4 Å². The van der Waals surface area contributed by atoms with Crippen LogP contribution in [0.2, 0.25) is 5.02 Å². The SMILES string of the molecule is C[C@H]([NH2+]CC(=O)Nc1ccc(N2CCCC2)cc1)c1cccc(Cl)c1. The molecule has 1 amide bonds. The molecule has 3 rings (SSSR count). The monoisotopic (exact) mass is 358 g/mol. The molecule has 0 spiro atoms. The van der Waals surface area contributed by atoms with Gasteiger partial charge in [0.15, 0.2) is 6.54 Å². The maximum absolute atomic E-state index is 12.2. The van der Waals surface area contributed by atoms with Gasteiger partial charge in [-0.1, -0.05) is 23.7 Å². The summed E-state index contributed by atoms with van der Waals surface area (Å²) in [4.78, 5) is 14.6. The van der Waals surface area contributed by atoms with E-state index in [1.807, 2.05) is 41.7 Å². The largest absolute Gasteiger partial charge is 0.372 e. The Morgan fingerprint density at radius 1 is 1.20 bits per heavy atom. The predicted molar refractivity (Wildman–Crippen MR) is 103 cm³/mol. The summed E-state index contributed by atoms with van der Waals surface area (Å²) in [6.45, 7) is 4.70. The van der Waals surface area contributed by atoms with Crippen molar-refractivity contribution in [3.05, 3.63) is 59.1 Å². The number of hydrogen-bond acceptors (Lipinski definition) is 2. The molecule has 5 heteroatoms. The number of nitrogens with zero attached hydrogens (tertiary/aromatic N) is 1. The van der Waals surface area contributed by atoms with Crippen LogP contribution in [0.25, 0.3) is 0 Å². The Bertz CT molecular complexity index is 711. The Morgan fingerprint density at radius 2 is 1.92 bits per heavy atom. The molecule has 2 aromatic carbocycles. The average Bonchev–Trinajstić information content (AvgIpc) is 3.15. The van der Waals surface area contributed by atoms with Crippen molar-refractivity contribution < 1.29 is 10.1 Å². The zero-order valence-electron chi connectivity index (χ0n) is 14.5. The molecule has 0 aromatic heterocycles. The molecule has 3 N–H and O–H groups in total. The lowest BCUT2D eigenvalue weighted by atomic mass is 10.1. The van der Waals surface area contributed by atoms with Crippen molar-refractivity contribution in [2.75, 3.05) is 29.9 Å². The van der Waals surface area contributed by atoms with Crippen molar-refractivity contribution in [3.8, 4) is 0 Å². The topological polar surface area (TPSA) is 49.0 Å². The van der Waals surface area contributed by atoms with Crippen molar-refractivity contribution in [1.29, 1.82) is 0 Å². The van der Waals surface area contributed by atoms with Crippen LogP contribution in [0.3, 0.4) is 0 Å². The summed E-state index contributed by atoms with van der Waals surface area (Å²) in [6, 6.07) is 16.1. The number of carbonyl (C=O) groups is 1. The number of rotatable bonds is 6. The summed E-state index contributed by atoms with van der Waals surface area (Å²) >= 11 is 6.02. The van der Waals surface area contributed by atoms with Crippen LogP contribution in [0.5, 0.6) is 0 Å². The van der Waals surface area contributed by atoms with Gasteiger partial charge in [0.05, 0.1) is 0 Å². The van der Waals surface area contributed by atoms with Crippen molar-refractivity contribution in [3.63, 3.8) is 0 Å². The Hall–Kier alpha value is -2.04. The molecule has 132 valence electrons. The lowest BCUT2D eigenvalue weighted by molar-refractivity contribution is -0.682. The van der Waals surface area contributed by atoms with Gasteiger partial charge in [-0.25, -0.2) is 0 Å². The van der Waals surface area contributed by atoms with Gasteiger partial charge in [0.2, 0.25) is 0 Å². The summed E-state index contributed by atoms with van der Waals surface area (Å²) < 4.78 is 0. The molecule has 1 atom stereocenters. The highest BCUT2D eigenvalue weighted by atomic mass is 35.5. The van der Waals surface area contributed by atoms with Gasteiger partial charge in [-0.2, -0.15) is 0 Å². The first kappa shape index (κ1) is 17.8. The van der Waals surface area contributed by atoms with Crippen molar-refractivity contribution in [1.82, 2.24) is 0 Å². The molecule has 2 aromatic rings. The van der Waals surface area contributed by atoms with Gasteiger partial charge in [0.1, 0.15) is 6.04 Å². The fourth-order valence-corrected chi connectivity index (χ4v) is 3.35. The van der Waals surface area contributed by atoms with Gasteiger partial charge >= 0.3 is 0 Å². The molecule has 25 heavy (non-hydrogen) atoms. The van der Waals surface area contributed by atoms with E-state index in [2.05, 4.69) is 29.3 Å². The molecule has 1 saturated heterocycles. The summed E-state index contributed by atoms with van der Waals surface area (Å²) in [7, 11) is 0.